The number of hydrogen-bond donors (Lipinski definition) is 1. The summed E-state index contributed by atoms with van der Waals surface area (Å²) in [7, 11) is 0. The summed E-state index contributed by atoms with van der Waals surface area (Å²) >= 11 is 0. The smallest absolute Gasteiger partial charge is 0.0710 e. The van der Waals surface area contributed by atoms with Gasteiger partial charge in [0.2, 0.25) is 0 Å². The van der Waals surface area contributed by atoms with Gasteiger partial charge >= 0.3 is 0 Å². The molecule has 2 aliphatic rings. The Morgan fingerprint density at radius 3 is 2.71 bits per heavy atom. The Bertz CT molecular complexity index is 205. The van der Waals surface area contributed by atoms with Crippen LogP contribution in [0.3, 0.4) is 0 Å². The fourth-order valence-corrected chi connectivity index (χ4v) is 2.47. The topological polar surface area (TPSA) is 32.7 Å². The first kappa shape index (κ1) is 10.4. The van der Waals surface area contributed by atoms with Gasteiger partial charge in [-0.1, -0.05) is 0 Å². The predicted molar refractivity (Wildman–Crippen MR) is 55.2 cm³/mol. The van der Waals surface area contributed by atoms with Gasteiger partial charge in [0, 0.05) is 19.6 Å². The molecule has 2 rings (SSSR count). The number of rotatable bonds is 2. The predicted octanol–water partition coefficient (Wildman–Crippen LogP) is 1.01. The molecule has 82 valence electrons. The first-order valence-electron chi connectivity index (χ1n) is 5.63. The van der Waals surface area contributed by atoms with Crippen LogP contribution in [0.25, 0.3) is 0 Å². The molecule has 0 aromatic heterocycles. The highest BCUT2D eigenvalue weighted by molar-refractivity contribution is 4.84. The maximum Gasteiger partial charge on any atom is 0.0710 e. The molecule has 3 heteroatoms. The van der Waals surface area contributed by atoms with Gasteiger partial charge in [-0.3, -0.25) is 4.90 Å². The number of β-amino-alcohol motifs (C(OH)–C–C–N with tert-alkyl or cyclic N) is 1. The van der Waals surface area contributed by atoms with Crippen molar-refractivity contribution in [2.45, 2.75) is 50.9 Å². The monoisotopic (exact) mass is 199 g/mol. The van der Waals surface area contributed by atoms with E-state index in [9.17, 15) is 5.11 Å². The lowest BCUT2D eigenvalue weighted by Gasteiger charge is -2.23. The van der Waals surface area contributed by atoms with Gasteiger partial charge in [-0.25, -0.2) is 0 Å². The molecule has 0 radical (unpaired) electrons. The Kier molecular flexibility index (Phi) is 2.82. The lowest BCUT2D eigenvalue weighted by atomic mass is 10.1. The van der Waals surface area contributed by atoms with Crippen molar-refractivity contribution >= 4 is 0 Å². The van der Waals surface area contributed by atoms with Crippen LogP contribution >= 0.6 is 0 Å². The van der Waals surface area contributed by atoms with Crippen LogP contribution in [0.1, 0.15) is 33.1 Å². The Labute approximate surface area is 86.0 Å². The fourth-order valence-electron chi connectivity index (χ4n) is 2.47. The van der Waals surface area contributed by atoms with E-state index in [0.717, 1.165) is 32.5 Å². The fraction of sp³-hybridized carbons (Fsp3) is 1.00. The maximum absolute atomic E-state index is 9.39. The second-order valence-corrected chi connectivity index (χ2v) is 5.24. The molecule has 0 amide bonds. The highest BCUT2D eigenvalue weighted by atomic mass is 16.5. The van der Waals surface area contributed by atoms with E-state index >= 15 is 0 Å². The van der Waals surface area contributed by atoms with Gasteiger partial charge in [0.15, 0.2) is 0 Å². The first-order valence-corrected chi connectivity index (χ1v) is 5.63. The minimum atomic E-state index is -0.107. The Hall–Kier alpha value is -0.120. The summed E-state index contributed by atoms with van der Waals surface area (Å²) in [5, 5.41) is 9.39. The summed E-state index contributed by atoms with van der Waals surface area (Å²) in [5.74, 6) is 0. The van der Waals surface area contributed by atoms with E-state index in [1.165, 1.54) is 6.42 Å². The highest BCUT2D eigenvalue weighted by Crippen LogP contribution is 2.30. The van der Waals surface area contributed by atoms with Crippen molar-refractivity contribution in [3.63, 3.8) is 0 Å². The van der Waals surface area contributed by atoms with Gasteiger partial charge in [-0.05, 0) is 33.1 Å². The molecule has 2 fully saturated rings. The van der Waals surface area contributed by atoms with Crippen molar-refractivity contribution in [1.29, 1.82) is 0 Å². The molecule has 1 N–H and O–H groups in total. The van der Waals surface area contributed by atoms with Crippen molar-refractivity contribution in [1.82, 2.24) is 4.90 Å². The molecule has 0 aromatic carbocycles. The number of ether oxygens (including phenoxy) is 1. The molecule has 2 saturated heterocycles. The van der Waals surface area contributed by atoms with Gasteiger partial charge < -0.3 is 9.84 Å². The zero-order valence-corrected chi connectivity index (χ0v) is 9.20. The SMILES string of the molecule is CC1(C)CCC(CN2CC[C@H](O)C2)O1. The van der Waals surface area contributed by atoms with Gasteiger partial charge in [0.25, 0.3) is 0 Å². The normalized spacial score (nSPS) is 37.9. The molecule has 0 spiro atoms. The minimum Gasteiger partial charge on any atom is -0.392 e. The van der Waals surface area contributed by atoms with E-state index in [2.05, 4.69) is 18.7 Å². The molecule has 0 bridgehead atoms. The number of hydrogen-bond acceptors (Lipinski definition) is 3. The van der Waals surface area contributed by atoms with Crippen LogP contribution in [0.5, 0.6) is 0 Å². The van der Waals surface area contributed by atoms with Crippen molar-refractivity contribution in [2.24, 2.45) is 0 Å². The number of aliphatic hydroxyl groups excluding tert-OH is 1. The van der Waals surface area contributed by atoms with Crippen LogP contribution in [0, 0.1) is 0 Å². The molecule has 3 nitrogen and oxygen atoms in total. The molecule has 0 saturated carbocycles. The van der Waals surface area contributed by atoms with E-state index < -0.39 is 0 Å². The number of likely N-dealkylation sites (tertiary alicyclic amines) is 1. The summed E-state index contributed by atoms with van der Waals surface area (Å²) in [4.78, 5) is 2.32. The second kappa shape index (κ2) is 3.80. The summed E-state index contributed by atoms with van der Waals surface area (Å²) in [6.45, 7) is 7.18. The van der Waals surface area contributed by atoms with Crippen LogP contribution in [0.15, 0.2) is 0 Å². The minimum absolute atomic E-state index is 0.0724. The molecule has 1 unspecified atom stereocenters. The highest BCUT2D eigenvalue weighted by Gasteiger charge is 2.33. The van der Waals surface area contributed by atoms with Gasteiger partial charge in [0.05, 0.1) is 17.8 Å². The molecule has 2 atom stereocenters. The zero-order valence-electron chi connectivity index (χ0n) is 9.20. The van der Waals surface area contributed by atoms with Gasteiger partial charge in [0.1, 0.15) is 0 Å². The lowest BCUT2D eigenvalue weighted by Crippen LogP contribution is -2.32. The van der Waals surface area contributed by atoms with E-state index in [-0.39, 0.29) is 11.7 Å². The largest absolute Gasteiger partial charge is 0.392 e. The molecular formula is C11H21NO2. The molecule has 0 aromatic rings. The standard InChI is InChI=1S/C11H21NO2/c1-11(2)5-3-10(14-11)8-12-6-4-9(13)7-12/h9-10,13H,3-8H2,1-2H3/t9-,10?/m0/s1. The third kappa shape index (κ3) is 2.47. The van der Waals surface area contributed by atoms with E-state index in [1.807, 2.05) is 0 Å². The van der Waals surface area contributed by atoms with Crippen LogP contribution in [0.2, 0.25) is 0 Å². The molecular weight excluding hydrogens is 178 g/mol. The Morgan fingerprint density at radius 1 is 1.43 bits per heavy atom. The number of aliphatic hydroxyl groups is 1. The summed E-state index contributed by atoms with van der Waals surface area (Å²) < 4.78 is 5.92. The van der Waals surface area contributed by atoms with E-state index in [4.69, 9.17) is 4.74 Å². The lowest BCUT2D eigenvalue weighted by molar-refractivity contribution is -0.0271. The summed E-state index contributed by atoms with van der Waals surface area (Å²) in [6.07, 6.45) is 3.53. The molecule has 2 aliphatic heterocycles. The third-order valence-electron chi connectivity index (χ3n) is 3.26. The first-order chi connectivity index (χ1) is 6.55. The van der Waals surface area contributed by atoms with Crippen LogP contribution in [-0.2, 0) is 4.74 Å². The molecule has 2 heterocycles. The number of nitrogens with zero attached hydrogens (tertiary/aromatic N) is 1. The third-order valence-corrected chi connectivity index (χ3v) is 3.26. The zero-order chi connectivity index (χ0) is 10.2. The second-order valence-electron chi connectivity index (χ2n) is 5.24. The average molecular weight is 199 g/mol. The van der Waals surface area contributed by atoms with Crippen molar-refractivity contribution in [3.05, 3.63) is 0 Å². The van der Waals surface area contributed by atoms with E-state index in [1.54, 1.807) is 0 Å². The van der Waals surface area contributed by atoms with Gasteiger partial charge in [-0.2, -0.15) is 0 Å². The van der Waals surface area contributed by atoms with Crippen molar-refractivity contribution in [3.8, 4) is 0 Å². The van der Waals surface area contributed by atoms with Crippen LogP contribution in [0.4, 0.5) is 0 Å². The van der Waals surface area contributed by atoms with E-state index in [0.29, 0.717) is 6.10 Å². The van der Waals surface area contributed by atoms with Crippen molar-refractivity contribution in [2.75, 3.05) is 19.6 Å². The van der Waals surface area contributed by atoms with Crippen molar-refractivity contribution < 1.29 is 9.84 Å². The van der Waals surface area contributed by atoms with Crippen LogP contribution in [-0.4, -0.2) is 47.4 Å². The summed E-state index contributed by atoms with van der Waals surface area (Å²) in [5.41, 5.74) is 0.0724. The Balaban J connectivity index is 1.76. The van der Waals surface area contributed by atoms with Gasteiger partial charge in [-0.15, -0.1) is 0 Å². The van der Waals surface area contributed by atoms with Crippen LogP contribution < -0.4 is 0 Å². The average Bonchev–Trinajstić information content (AvgIpc) is 2.59. The Morgan fingerprint density at radius 2 is 2.21 bits per heavy atom. The molecule has 14 heavy (non-hydrogen) atoms. The summed E-state index contributed by atoms with van der Waals surface area (Å²) in [6, 6.07) is 0. The maximum atomic E-state index is 9.39. The quantitative estimate of drug-likeness (QED) is 0.720. The molecule has 0 aliphatic carbocycles.